The minimum atomic E-state index is -5.81. The Morgan fingerprint density at radius 2 is 1.60 bits per heavy atom. The molecule has 0 saturated carbocycles. The Kier molecular flexibility index (Phi) is 5.64. The van der Waals surface area contributed by atoms with Crippen LogP contribution >= 0.6 is 0 Å². The van der Waals surface area contributed by atoms with E-state index >= 15 is 0 Å². The predicted molar refractivity (Wildman–Crippen MR) is 107 cm³/mol. The molecule has 0 heterocycles. The van der Waals surface area contributed by atoms with E-state index in [-0.39, 0.29) is 18.0 Å². The van der Waals surface area contributed by atoms with Crippen molar-refractivity contribution in [1.82, 2.24) is 0 Å². The molecule has 1 aliphatic rings. The number of ketones is 1. The van der Waals surface area contributed by atoms with Gasteiger partial charge in [0.15, 0.2) is 5.78 Å². The molecule has 0 aromatic heterocycles. The predicted octanol–water partition coefficient (Wildman–Crippen LogP) is 5.29. The molecule has 0 N–H and O–H groups in total. The van der Waals surface area contributed by atoms with Crippen LogP contribution in [0.25, 0.3) is 5.57 Å². The van der Waals surface area contributed by atoms with Gasteiger partial charge in [0.25, 0.3) is 0 Å². The number of carbonyl (C=O) groups excluding carboxylic acids is 1. The highest BCUT2D eigenvalue weighted by Crippen LogP contribution is 2.49. The van der Waals surface area contributed by atoms with Gasteiger partial charge in [-0.05, 0) is 43.0 Å². The van der Waals surface area contributed by atoms with E-state index < -0.39 is 21.0 Å². The van der Waals surface area contributed by atoms with Crippen LogP contribution < -0.4 is 0 Å². The molecule has 0 amide bonds. The van der Waals surface area contributed by atoms with Gasteiger partial charge in [0.05, 0.1) is 5.41 Å². The van der Waals surface area contributed by atoms with Gasteiger partial charge in [-0.25, -0.2) is 0 Å². The molecule has 0 radical (unpaired) electrons. The summed E-state index contributed by atoms with van der Waals surface area (Å²) in [4.78, 5) is 11.5. The molecule has 0 bridgehead atoms. The van der Waals surface area contributed by atoms with Gasteiger partial charge in [-0.1, -0.05) is 60.7 Å². The molecule has 8 heteroatoms. The van der Waals surface area contributed by atoms with Gasteiger partial charge >= 0.3 is 15.6 Å². The Bertz CT molecular complexity index is 1120. The van der Waals surface area contributed by atoms with Gasteiger partial charge < -0.3 is 4.18 Å². The van der Waals surface area contributed by atoms with E-state index in [9.17, 15) is 26.4 Å². The van der Waals surface area contributed by atoms with Crippen molar-refractivity contribution in [3.05, 3.63) is 89.2 Å². The van der Waals surface area contributed by atoms with Crippen molar-refractivity contribution in [2.24, 2.45) is 5.41 Å². The van der Waals surface area contributed by atoms with E-state index in [2.05, 4.69) is 4.18 Å². The summed E-state index contributed by atoms with van der Waals surface area (Å²) < 4.78 is 66.6. The van der Waals surface area contributed by atoms with Gasteiger partial charge in [-0.3, -0.25) is 4.79 Å². The molecule has 0 aliphatic heterocycles. The zero-order chi connectivity index (χ0) is 22.2. The Morgan fingerprint density at radius 3 is 2.13 bits per heavy atom. The quantitative estimate of drug-likeness (QED) is 0.351. The molecule has 0 saturated heterocycles. The smallest absolute Gasteiger partial charge is 0.380 e. The summed E-state index contributed by atoms with van der Waals surface area (Å²) in [5, 5.41) is 0. The van der Waals surface area contributed by atoms with E-state index in [1.54, 1.807) is 67.6 Å². The molecule has 0 spiro atoms. The fourth-order valence-corrected chi connectivity index (χ4v) is 4.00. The van der Waals surface area contributed by atoms with Crippen LogP contribution in [-0.4, -0.2) is 19.7 Å². The van der Waals surface area contributed by atoms with Crippen LogP contribution in [0.4, 0.5) is 13.2 Å². The number of halogens is 3. The second-order valence-corrected chi connectivity index (χ2v) is 8.76. The summed E-state index contributed by atoms with van der Waals surface area (Å²) in [7, 11) is -5.81. The van der Waals surface area contributed by atoms with Crippen molar-refractivity contribution in [1.29, 1.82) is 0 Å². The Balaban J connectivity index is 2.02. The van der Waals surface area contributed by atoms with E-state index in [0.29, 0.717) is 16.7 Å². The van der Waals surface area contributed by atoms with Crippen molar-refractivity contribution in [3.63, 3.8) is 0 Å². The number of Topliss-reactive ketones (excluding diaryl/α,β-unsaturated/α-hetero) is 1. The van der Waals surface area contributed by atoms with Crippen molar-refractivity contribution in [2.45, 2.75) is 25.8 Å². The maximum atomic E-state index is 12.9. The first kappa shape index (κ1) is 21.8. The van der Waals surface area contributed by atoms with Crippen molar-refractivity contribution in [2.75, 3.05) is 0 Å². The molecule has 1 aliphatic carbocycles. The molecule has 3 rings (SSSR count). The van der Waals surface area contributed by atoms with Crippen molar-refractivity contribution >= 4 is 21.5 Å². The van der Waals surface area contributed by atoms with Crippen LogP contribution in [0.15, 0.2) is 72.5 Å². The molecule has 30 heavy (non-hydrogen) atoms. The summed E-state index contributed by atoms with van der Waals surface area (Å²) in [6.07, 6.45) is 3.01. The highest BCUT2D eigenvalue weighted by molar-refractivity contribution is 7.87. The van der Waals surface area contributed by atoms with E-state index in [1.807, 2.05) is 0 Å². The summed E-state index contributed by atoms with van der Waals surface area (Å²) in [5.41, 5.74) is -4.17. The van der Waals surface area contributed by atoms with Crippen molar-refractivity contribution in [3.8, 4) is 0 Å². The Hall–Kier alpha value is -2.87. The van der Waals surface area contributed by atoms with Gasteiger partial charge in [-0.2, -0.15) is 21.6 Å². The van der Waals surface area contributed by atoms with E-state index in [4.69, 9.17) is 0 Å². The average molecular weight is 436 g/mol. The Morgan fingerprint density at radius 1 is 1.00 bits per heavy atom. The SMILES string of the molecule is CC(=O)c1ccc(C2=CC=C(OS(=O)(=O)C(F)(F)F)C2(C)Cc2ccccc2)cc1. The monoisotopic (exact) mass is 436 g/mol. The number of carbonyl (C=O) groups is 1. The molecular formula is C22H19F3O4S. The standard InChI is InChI=1S/C22H19F3O4S/c1-15(26)17-8-10-18(11-9-17)19-12-13-20(29-30(27,28)22(23,24)25)21(19,2)14-16-6-4-3-5-7-16/h3-13H,14H2,1-2H3. The van der Waals surface area contributed by atoms with Gasteiger partial charge in [-0.15, -0.1) is 0 Å². The van der Waals surface area contributed by atoms with Crippen LogP contribution in [0, 0.1) is 5.41 Å². The topological polar surface area (TPSA) is 60.4 Å². The largest absolute Gasteiger partial charge is 0.534 e. The first-order valence-corrected chi connectivity index (χ1v) is 10.4. The molecule has 158 valence electrons. The number of allylic oxidation sites excluding steroid dienone is 3. The van der Waals surface area contributed by atoms with Crippen LogP contribution in [-0.2, 0) is 20.7 Å². The van der Waals surface area contributed by atoms with Crippen LogP contribution in [0.2, 0.25) is 0 Å². The lowest BCUT2D eigenvalue weighted by Gasteiger charge is -2.31. The maximum absolute atomic E-state index is 12.9. The van der Waals surface area contributed by atoms with E-state index in [1.165, 1.54) is 13.0 Å². The minimum Gasteiger partial charge on any atom is -0.380 e. The van der Waals surface area contributed by atoms with Crippen LogP contribution in [0.1, 0.15) is 35.3 Å². The molecule has 2 aromatic rings. The lowest BCUT2D eigenvalue weighted by molar-refractivity contribution is -0.0528. The average Bonchev–Trinajstić information content (AvgIpc) is 2.97. The summed E-state index contributed by atoms with van der Waals surface area (Å²) >= 11 is 0. The van der Waals surface area contributed by atoms with E-state index in [0.717, 1.165) is 5.56 Å². The fraction of sp³-hybridized carbons (Fsp3) is 0.227. The Labute approximate surface area is 172 Å². The van der Waals surface area contributed by atoms with Crippen LogP contribution in [0.5, 0.6) is 0 Å². The number of alkyl halides is 3. The van der Waals surface area contributed by atoms with Crippen LogP contribution in [0.3, 0.4) is 0 Å². The summed E-state index contributed by atoms with van der Waals surface area (Å²) in [5.74, 6) is -0.429. The lowest BCUT2D eigenvalue weighted by Crippen LogP contribution is -2.30. The first-order valence-electron chi connectivity index (χ1n) is 9.03. The van der Waals surface area contributed by atoms with Gasteiger partial charge in [0.2, 0.25) is 0 Å². The third-order valence-corrected chi connectivity index (χ3v) is 5.99. The number of benzene rings is 2. The number of hydrogen-bond donors (Lipinski definition) is 0. The molecule has 1 atom stereocenters. The van der Waals surface area contributed by atoms with Gasteiger partial charge in [0, 0.05) is 5.56 Å². The molecular weight excluding hydrogens is 417 g/mol. The minimum absolute atomic E-state index is 0.118. The first-order chi connectivity index (χ1) is 13.9. The highest BCUT2D eigenvalue weighted by atomic mass is 32.2. The zero-order valence-corrected chi connectivity index (χ0v) is 17.0. The second-order valence-electron chi connectivity index (χ2n) is 7.22. The van der Waals surface area contributed by atoms with Crippen molar-refractivity contribution < 1.29 is 30.6 Å². The fourth-order valence-electron chi connectivity index (χ4n) is 3.43. The highest BCUT2D eigenvalue weighted by Gasteiger charge is 2.51. The molecule has 2 aromatic carbocycles. The summed E-state index contributed by atoms with van der Waals surface area (Å²) in [6.45, 7) is 3.06. The normalized spacial score (nSPS) is 19.2. The lowest BCUT2D eigenvalue weighted by atomic mass is 9.75. The summed E-state index contributed by atoms with van der Waals surface area (Å²) in [6, 6.07) is 15.6. The zero-order valence-electron chi connectivity index (χ0n) is 16.2. The second kappa shape index (κ2) is 7.75. The molecule has 0 fully saturated rings. The number of rotatable bonds is 6. The third-order valence-electron chi connectivity index (χ3n) is 5.03. The molecule has 4 nitrogen and oxygen atoms in total. The third kappa shape index (κ3) is 4.18. The number of hydrogen-bond acceptors (Lipinski definition) is 4. The molecule has 1 unspecified atom stereocenters. The maximum Gasteiger partial charge on any atom is 0.534 e. The van der Waals surface area contributed by atoms with Gasteiger partial charge in [0.1, 0.15) is 5.76 Å².